The summed E-state index contributed by atoms with van der Waals surface area (Å²) in [7, 11) is 1.53. The quantitative estimate of drug-likeness (QED) is 0.747. The van der Waals surface area contributed by atoms with E-state index in [-0.39, 0.29) is 23.3 Å². The Labute approximate surface area is 107 Å². The van der Waals surface area contributed by atoms with Crippen molar-refractivity contribution in [1.82, 2.24) is 9.78 Å². The highest BCUT2D eigenvalue weighted by Crippen LogP contribution is 2.30. The van der Waals surface area contributed by atoms with Crippen LogP contribution in [-0.4, -0.2) is 20.9 Å². The molecule has 0 bridgehead atoms. The fraction of sp³-hybridized carbons (Fsp3) is 0.154. The SMILES string of the molecule is Cn1nc2c3ccccc3oc(CC(=O)O)c-2c1=O. The molecule has 0 amide bonds. The average Bonchev–Trinajstić information content (AvgIpc) is 2.66. The van der Waals surface area contributed by atoms with Crippen LogP contribution in [0.25, 0.3) is 22.2 Å². The summed E-state index contributed by atoms with van der Waals surface area (Å²) in [5.41, 5.74) is 0.888. The molecule has 0 spiro atoms. The Kier molecular flexibility index (Phi) is 2.38. The fourth-order valence-electron chi connectivity index (χ4n) is 2.15. The molecule has 0 saturated carbocycles. The Morgan fingerprint density at radius 3 is 2.89 bits per heavy atom. The molecule has 2 aliphatic heterocycles. The molecule has 0 fully saturated rings. The van der Waals surface area contributed by atoms with E-state index in [1.165, 1.54) is 11.7 Å². The van der Waals surface area contributed by atoms with Crippen molar-refractivity contribution in [3.05, 3.63) is 40.4 Å². The summed E-state index contributed by atoms with van der Waals surface area (Å²) in [4.78, 5) is 22.9. The molecule has 0 atom stereocenters. The number of aryl methyl sites for hydroxylation is 1. The number of hydrogen-bond donors (Lipinski definition) is 1. The Balaban J connectivity index is 2.46. The molecule has 96 valence electrons. The number of fused-ring (bicyclic) bond motifs is 3. The van der Waals surface area contributed by atoms with Gasteiger partial charge in [-0.05, 0) is 12.1 Å². The molecule has 1 N–H and O–H groups in total. The van der Waals surface area contributed by atoms with Gasteiger partial charge < -0.3 is 9.52 Å². The van der Waals surface area contributed by atoms with Crippen LogP contribution in [0, 0.1) is 0 Å². The minimum atomic E-state index is -1.05. The smallest absolute Gasteiger partial charge is 0.311 e. The lowest BCUT2D eigenvalue weighted by Crippen LogP contribution is -2.14. The normalized spacial score (nSPS) is 11.2. The molecule has 2 aliphatic rings. The van der Waals surface area contributed by atoms with Crippen molar-refractivity contribution in [2.45, 2.75) is 6.42 Å². The van der Waals surface area contributed by atoms with E-state index in [2.05, 4.69) is 5.10 Å². The third-order valence-electron chi connectivity index (χ3n) is 2.96. The molecule has 6 heteroatoms. The van der Waals surface area contributed by atoms with Gasteiger partial charge in [-0.15, -0.1) is 0 Å². The molecule has 0 aliphatic carbocycles. The van der Waals surface area contributed by atoms with Crippen LogP contribution in [0.2, 0.25) is 0 Å². The molecular formula is C13H10N2O4. The number of carboxylic acids is 1. The lowest BCUT2D eigenvalue weighted by Gasteiger charge is -2.06. The van der Waals surface area contributed by atoms with E-state index in [0.717, 1.165) is 0 Å². The van der Waals surface area contributed by atoms with E-state index in [0.29, 0.717) is 16.7 Å². The summed E-state index contributed by atoms with van der Waals surface area (Å²) in [5.74, 6) is -0.914. The Morgan fingerprint density at radius 2 is 2.16 bits per heavy atom. The molecule has 1 aromatic carbocycles. The van der Waals surface area contributed by atoms with E-state index in [4.69, 9.17) is 9.52 Å². The van der Waals surface area contributed by atoms with E-state index in [9.17, 15) is 9.59 Å². The van der Waals surface area contributed by atoms with Gasteiger partial charge in [-0.1, -0.05) is 12.1 Å². The van der Waals surface area contributed by atoms with Gasteiger partial charge in [-0.25, -0.2) is 4.68 Å². The van der Waals surface area contributed by atoms with E-state index in [1.807, 2.05) is 6.07 Å². The maximum Gasteiger partial charge on any atom is 0.311 e. The number of rotatable bonds is 2. The summed E-state index contributed by atoms with van der Waals surface area (Å²) >= 11 is 0. The highest BCUT2D eigenvalue weighted by Gasteiger charge is 2.24. The summed E-state index contributed by atoms with van der Waals surface area (Å²) < 4.78 is 6.74. The molecule has 0 unspecified atom stereocenters. The summed E-state index contributed by atoms with van der Waals surface area (Å²) in [6.07, 6.45) is -0.345. The second-order valence-electron chi connectivity index (χ2n) is 4.24. The number of carboxylic acid groups (broad SMARTS) is 1. The molecule has 1 aromatic rings. The number of carbonyl (C=O) groups is 1. The van der Waals surface area contributed by atoms with Crippen LogP contribution in [0.4, 0.5) is 0 Å². The number of aromatic nitrogens is 2. The summed E-state index contributed by atoms with van der Waals surface area (Å²) in [6, 6.07) is 7.11. The van der Waals surface area contributed by atoms with Gasteiger partial charge in [0.2, 0.25) is 0 Å². The fourth-order valence-corrected chi connectivity index (χ4v) is 2.15. The molecular weight excluding hydrogens is 248 g/mol. The number of para-hydroxylation sites is 1. The zero-order valence-electron chi connectivity index (χ0n) is 10.1. The van der Waals surface area contributed by atoms with Crippen molar-refractivity contribution in [2.24, 2.45) is 7.05 Å². The van der Waals surface area contributed by atoms with Gasteiger partial charge in [0.15, 0.2) is 0 Å². The van der Waals surface area contributed by atoms with Crippen molar-refractivity contribution < 1.29 is 14.3 Å². The molecule has 2 heterocycles. The first-order chi connectivity index (χ1) is 9.08. The molecule has 3 rings (SSSR count). The summed E-state index contributed by atoms with van der Waals surface area (Å²) in [5, 5.41) is 13.8. The first-order valence-electron chi connectivity index (χ1n) is 5.67. The highest BCUT2D eigenvalue weighted by molar-refractivity contribution is 5.93. The number of aliphatic carboxylic acids is 1. The minimum absolute atomic E-state index is 0.138. The van der Waals surface area contributed by atoms with Gasteiger partial charge in [0.25, 0.3) is 5.56 Å². The van der Waals surface area contributed by atoms with E-state index < -0.39 is 5.97 Å². The van der Waals surface area contributed by atoms with Crippen LogP contribution in [-0.2, 0) is 18.3 Å². The molecule has 6 nitrogen and oxygen atoms in total. The predicted octanol–water partition coefficient (Wildman–Crippen LogP) is 1.26. The van der Waals surface area contributed by atoms with Gasteiger partial charge in [-0.2, -0.15) is 5.10 Å². The first kappa shape index (κ1) is 11.5. The molecule has 0 radical (unpaired) electrons. The van der Waals surface area contributed by atoms with Gasteiger partial charge in [0.05, 0.1) is 0 Å². The molecule has 0 saturated heterocycles. The average molecular weight is 258 g/mol. The van der Waals surface area contributed by atoms with Crippen molar-refractivity contribution in [1.29, 1.82) is 0 Å². The van der Waals surface area contributed by atoms with Crippen LogP contribution >= 0.6 is 0 Å². The topological polar surface area (TPSA) is 85.3 Å². The highest BCUT2D eigenvalue weighted by atomic mass is 16.4. The lowest BCUT2D eigenvalue weighted by atomic mass is 10.1. The lowest BCUT2D eigenvalue weighted by molar-refractivity contribution is -0.136. The standard InChI is InChI=1S/C13H10N2O4/c1-15-13(18)11-9(6-10(16)17)19-8-5-3-2-4-7(8)12(11)14-15/h2-5H,6H2,1H3,(H,16,17). The Morgan fingerprint density at radius 1 is 1.42 bits per heavy atom. The van der Waals surface area contributed by atoms with Crippen molar-refractivity contribution in [3.8, 4) is 11.3 Å². The summed E-state index contributed by atoms with van der Waals surface area (Å²) in [6.45, 7) is 0. The maximum absolute atomic E-state index is 12.0. The van der Waals surface area contributed by atoms with Crippen LogP contribution < -0.4 is 5.56 Å². The van der Waals surface area contributed by atoms with Crippen LogP contribution in [0.15, 0.2) is 33.5 Å². The minimum Gasteiger partial charge on any atom is -0.481 e. The van der Waals surface area contributed by atoms with Crippen LogP contribution in [0.1, 0.15) is 5.76 Å². The van der Waals surface area contributed by atoms with Crippen molar-refractivity contribution in [2.75, 3.05) is 0 Å². The largest absolute Gasteiger partial charge is 0.481 e. The predicted molar refractivity (Wildman–Crippen MR) is 67.2 cm³/mol. The Bertz CT molecular complexity index is 815. The zero-order chi connectivity index (χ0) is 13.6. The van der Waals surface area contributed by atoms with Crippen molar-refractivity contribution in [3.63, 3.8) is 0 Å². The molecule has 19 heavy (non-hydrogen) atoms. The van der Waals surface area contributed by atoms with Crippen LogP contribution in [0.3, 0.4) is 0 Å². The zero-order valence-corrected chi connectivity index (χ0v) is 10.1. The number of hydrogen-bond acceptors (Lipinski definition) is 4. The first-order valence-corrected chi connectivity index (χ1v) is 5.67. The Hall–Kier alpha value is -2.63. The van der Waals surface area contributed by atoms with Gasteiger partial charge in [-0.3, -0.25) is 9.59 Å². The number of benzene rings is 1. The van der Waals surface area contributed by atoms with Crippen molar-refractivity contribution >= 4 is 16.9 Å². The van der Waals surface area contributed by atoms with E-state index >= 15 is 0 Å². The molecule has 0 aromatic heterocycles. The third kappa shape index (κ3) is 1.69. The van der Waals surface area contributed by atoms with Crippen LogP contribution in [0.5, 0.6) is 0 Å². The van der Waals surface area contributed by atoms with Gasteiger partial charge in [0, 0.05) is 12.4 Å². The monoisotopic (exact) mass is 258 g/mol. The van der Waals surface area contributed by atoms with Gasteiger partial charge in [0.1, 0.15) is 29.0 Å². The van der Waals surface area contributed by atoms with Gasteiger partial charge >= 0.3 is 5.97 Å². The van der Waals surface area contributed by atoms with E-state index in [1.54, 1.807) is 18.2 Å². The maximum atomic E-state index is 12.0. The number of nitrogens with zero attached hydrogens (tertiary/aromatic N) is 2. The second-order valence-corrected chi connectivity index (χ2v) is 4.24. The second kappa shape index (κ2) is 3.94. The third-order valence-corrected chi connectivity index (χ3v) is 2.96.